The molecular weight excluding hydrogens is 262 g/mol. The molecule has 0 radical (unpaired) electrons. The van der Waals surface area contributed by atoms with E-state index in [1.54, 1.807) is 7.05 Å². The maximum atomic E-state index is 12.0. The molecule has 1 aromatic rings. The number of carbonyl (C=O) groups is 1. The summed E-state index contributed by atoms with van der Waals surface area (Å²) in [4.78, 5) is 22.1. The van der Waals surface area contributed by atoms with Crippen LogP contribution in [0, 0.1) is 16.0 Å². The minimum atomic E-state index is -0.525. The van der Waals surface area contributed by atoms with Crippen molar-refractivity contribution in [2.75, 3.05) is 13.2 Å². The average molecular weight is 283 g/mol. The van der Waals surface area contributed by atoms with Gasteiger partial charge in [0.25, 0.3) is 11.6 Å². The van der Waals surface area contributed by atoms with E-state index in [2.05, 4.69) is 5.32 Å². The monoisotopic (exact) mass is 283 g/mol. The van der Waals surface area contributed by atoms with E-state index in [4.69, 9.17) is 5.11 Å². The van der Waals surface area contributed by atoms with Crippen LogP contribution in [0.2, 0.25) is 0 Å². The Kier molecular flexibility index (Phi) is 6.17. The van der Waals surface area contributed by atoms with Crippen LogP contribution < -0.4 is 5.32 Å². The van der Waals surface area contributed by atoms with Crippen molar-refractivity contribution >= 4 is 11.6 Å². The zero-order valence-corrected chi connectivity index (χ0v) is 11.8. The van der Waals surface area contributed by atoms with Crippen LogP contribution in [0.1, 0.15) is 36.7 Å². The minimum absolute atomic E-state index is 0.0934. The number of amides is 1. The van der Waals surface area contributed by atoms with Crippen molar-refractivity contribution in [3.63, 3.8) is 0 Å². The molecule has 0 fully saturated rings. The lowest BCUT2D eigenvalue weighted by Crippen LogP contribution is -2.30. The molecule has 0 aliphatic heterocycles. The van der Waals surface area contributed by atoms with Crippen molar-refractivity contribution in [2.24, 2.45) is 13.0 Å². The number of rotatable bonds is 8. The average Bonchev–Trinajstić information content (AvgIpc) is 2.78. The van der Waals surface area contributed by atoms with Gasteiger partial charge in [-0.05, 0) is 18.8 Å². The maximum Gasteiger partial charge on any atom is 0.287 e. The number of hydrogen-bond donors (Lipinski definition) is 2. The van der Waals surface area contributed by atoms with E-state index < -0.39 is 4.92 Å². The van der Waals surface area contributed by atoms with E-state index in [1.807, 2.05) is 6.92 Å². The molecule has 0 saturated heterocycles. The van der Waals surface area contributed by atoms with Crippen molar-refractivity contribution in [1.29, 1.82) is 0 Å². The number of aliphatic hydroxyl groups excluding tert-OH is 1. The number of aromatic nitrogens is 1. The Morgan fingerprint density at radius 2 is 2.25 bits per heavy atom. The summed E-state index contributed by atoms with van der Waals surface area (Å²) in [6.07, 6.45) is 3.86. The fourth-order valence-corrected chi connectivity index (χ4v) is 2.14. The van der Waals surface area contributed by atoms with Crippen molar-refractivity contribution in [3.05, 3.63) is 28.1 Å². The Hall–Kier alpha value is -1.89. The molecule has 1 unspecified atom stereocenters. The number of nitrogens with one attached hydrogen (secondary N) is 1. The molecule has 0 bridgehead atoms. The van der Waals surface area contributed by atoms with Gasteiger partial charge < -0.3 is 15.0 Å². The number of hydrogen-bond acceptors (Lipinski definition) is 4. The fraction of sp³-hybridized carbons (Fsp3) is 0.615. The largest absolute Gasteiger partial charge is 0.396 e. The van der Waals surface area contributed by atoms with Gasteiger partial charge in [0, 0.05) is 26.3 Å². The molecule has 2 N–H and O–H groups in total. The second kappa shape index (κ2) is 7.64. The Balaban J connectivity index is 2.64. The Bertz CT molecular complexity index is 464. The molecule has 1 amide bonds. The first-order valence-electron chi connectivity index (χ1n) is 6.69. The summed E-state index contributed by atoms with van der Waals surface area (Å²) in [6.45, 7) is 2.61. The first kappa shape index (κ1) is 16.2. The third kappa shape index (κ3) is 4.34. The number of aryl methyl sites for hydroxylation is 1. The van der Waals surface area contributed by atoms with Crippen LogP contribution in [-0.2, 0) is 7.05 Å². The second-order valence-corrected chi connectivity index (χ2v) is 4.83. The molecule has 7 nitrogen and oxygen atoms in total. The molecule has 1 heterocycles. The smallest absolute Gasteiger partial charge is 0.287 e. The van der Waals surface area contributed by atoms with Crippen LogP contribution in [0.3, 0.4) is 0 Å². The highest BCUT2D eigenvalue weighted by atomic mass is 16.6. The van der Waals surface area contributed by atoms with Gasteiger partial charge in [-0.25, -0.2) is 0 Å². The van der Waals surface area contributed by atoms with Crippen molar-refractivity contribution in [2.45, 2.75) is 26.2 Å². The van der Waals surface area contributed by atoms with Crippen LogP contribution in [0.15, 0.2) is 12.3 Å². The van der Waals surface area contributed by atoms with E-state index in [1.165, 1.54) is 16.8 Å². The van der Waals surface area contributed by atoms with Gasteiger partial charge in [0.05, 0.1) is 11.1 Å². The molecule has 112 valence electrons. The standard InChI is InChI=1S/C13H21N3O4/c1-3-4-10(5-6-17)8-14-13(18)12-7-11(16(19)20)9-15(12)2/h7,9-10,17H,3-6,8H2,1-2H3,(H,14,18). The summed E-state index contributed by atoms with van der Waals surface area (Å²) in [5.74, 6) is -0.108. The topological polar surface area (TPSA) is 97.4 Å². The molecule has 0 saturated carbocycles. The first-order valence-corrected chi connectivity index (χ1v) is 6.69. The fourth-order valence-electron chi connectivity index (χ4n) is 2.14. The third-order valence-corrected chi connectivity index (χ3v) is 3.22. The highest BCUT2D eigenvalue weighted by Crippen LogP contribution is 2.15. The lowest BCUT2D eigenvalue weighted by molar-refractivity contribution is -0.384. The maximum absolute atomic E-state index is 12.0. The number of carbonyl (C=O) groups excluding carboxylic acids is 1. The van der Waals surface area contributed by atoms with Crippen molar-refractivity contribution in [1.82, 2.24) is 9.88 Å². The Labute approximate surface area is 117 Å². The molecule has 0 aromatic carbocycles. The minimum Gasteiger partial charge on any atom is -0.396 e. The number of aliphatic hydroxyl groups is 1. The number of nitrogens with zero attached hydrogens (tertiary/aromatic N) is 2. The van der Waals surface area contributed by atoms with E-state index in [9.17, 15) is 14.9 Å². The molecular formula is C13H21N3O4. The van der Waals surface area contributed by atoms with Gasteiger partial charge in [-0.1, -0.05) is 13.3 Å². The molecule has 1 atom stereocenters. The molecule has 0 aliphatic rings. The van der Waals surface area contributed by atoms with Crippen LogP contribution in [0.25, 0.3) is 0 Å². The van der Waals surface area contributed by atoms with E-state index in [-0.39, 0.29) is 29.8 Å². The summed E-state index contributed by atoms with van der Waals surface area (Å²) >= 11 is 0. The van der Waals surface area contributed by atoms with Crippen LogP contribution in [0.5, 0.6) is 0 Å². The summed E-state index contributed by atoms with van der Waals surface area (Å²) in [6, 6.07) is 1.26. The summed E-state index contributed by atoms with van der Waals surface area (Å²) in [5, 5.41) is 22.4. The lowest BCUT2D eigenvalue weighted by Gasteiger charge is -2.15. The molecule has 0 aliphatic carbocycles. The SMILES string of the molecule is CCCC(CCO)CNC(=O)c1cc([N+](=O)[O-])cn1C. The molecule has 7 heteroatoms. The van der Waals surface area contributed by atoms with Crippen LogP contribution >= 0.6 is 0 Å². The molecule has 0 spiro atoms. The highest BCUT2D eigenvalue weighted by Gasteiger charge is 2.18. The zero-order valence-electron chi connectivity index (χ0n) is 11.8. The summed E-state index contributed by atoms with van der Waals surface area (Å²) < 4.78 is 1.44. The summed E-state index contributed by atoms with van der Waals surface area (Å²) in [5.41, 5.74) is 0.161. The van der Waals surface area contributed by atoms with Gasteiger partial charge >= 0.3 is 0 Å². The quantitative estimate of drug-likeness (QED) is 0.557. The summed E-state index contributed by atoms with van der Waals surface area (Å²) in [7, 11) is 1.60. The highest BCUT2D eigenvalue weighted by molar-refractivity contribution is 5.93. The van der Waals surface area contributed by atoms with Crippen LogP contribution in [-0.4, -0.2) is 33.7 Å². The predicted molar refractivity (Wildman–Crippen MR) is 74.5 cm³/mol. The Morgan fingerprint density at radius 3 is 2.75 bits per heavy atom. The third-order valence-electron chi connectivity index (χ3n) is 3.22. The van der Waals surface area contributed by atoms with E-state index >= 15 is 0 Å². The van der Waals surface area contributed by atoms with Gasteiger partial charge in [-0.3, -0.25) is 14.9 Å². The molecule has 1 rings (SSSR count). The van der Waals surface area contributed by atoms with Crippen molar-refractivity contribution in [3.8, 4) is 0 Å². The van der Waals surface area contributed by atoms with E-state index in [0.29, 0.717) is 13.0 Å². The second-order valence-electron chi connectivity index (χ2n) is 4.83. The first-order chi connectivity index (χ1) is 9.49. The lowest BCUT2D eigenvalue weighted by atomic mass is 10.0. The van der Waals surface area contributed by atoms with Gasteiger partial charge in [0.1, 0.15) is 5.69 Å². The van der Waals surface area contributed by atoms with Crippen molar-refractivity contribution < 1.29 is 14.8 Å². The number of nitro groups is 1. The zero-order chi connectivity index (χ0) is 15.1. The normalized spacial score (nSPS) is 12.2. The van der Waals surface area contributed by atoms with Crippen LogP contribution in [0.4, 0.5) is 5.69 Å². The molecule has 20 heavy (non-hydrogen) atoms. The van der Waals surface area contributed by atoms with Gasteiger partial charge in [-0.2, -0.15) is 0 Å². The molecule has 1 aromatic heterocycles. The predicted octanol–water partition coefficient (Wildman–Crippen LogP) is 1.46. The van der Waals surface area contributed by atoms with E-state index in [0.717, 1.165) is 12.8 Å². The Morgan fingerprint density at radius 1 is 1.55 bits per heavy atom. The van der Waals surface area contributed by atoms with Gasteiger partial charge in [-0.15, -0.1) is 0 Å². The van der Waals surface area contributed by atoms with Gasteiger partial charge in [0.2, 0.25) is 0 Å². The van der Waals surface area contributed by atoms with Gasteiger partial charge in [0.15, 0.2) is 0 Å².